The normalized spacial score (nSPS) is 9.70. The van der Waals surface area contributed by atoms with Crippen molar-refractivity contribution in [3.63, 3.8) is 0 Å². The van der Waals surface area contributed by atoms with Crippen molar-refractivity contribution >= 4 is 0 Å². The first-order chi connectivity index (χ1) is 4.54. The molecule has 2 N–H and O–H groups in total. The highest BCUT2D eigenvalue weighted by Gasteiger charge is 2.13. The standard InChI is InChI=1S/C5H12O2.C3H6/c1-5(2,3-6)4-7;1-3-2/h6-7H,3-4H2,1-2H3;3H,1H2,2H3. The number of aliphatic hydroxyl groups is 2. The van der Waals surface area contributed by atoms with Crippen LogP contribution in [0.2, 0.25) is 0 Å². The Morgan fingerprint density at radius 1 is 1.30 bits per heavy atom. The van der Waals surface area contributed by atoms with Gasteiger partial charge in [0, 0.05) is 5.41 Å². The number of hydrogen-bond donors (Lipinski definition) is 2. The molecule has 0 heterocycles. The van der Waals surface area contributed by atoms with Crippen molar-refractivity contribution in [2.45, 2.75) is 20.8 Å². The molecule has 0 bridgehead atoms. The Kier molecular flexibility index (Phi) is 8.37. The summed E-state index contributed by atoms with van der Waals surface area (Å²) in [6.45, 7) is 8.94. The van der Waals surface area contributed by atoms with Crippen molar-refractivity contribution in [2.75, 3.05) is 13.2 Å². The largest absolute Gasteiger partial charge is 0.396 e. The van der Waals surface area contributed by atoms with E-state index in [0.29, 0.717) is 0 Å². The van der Waals surface area contributed by atoms with Gasteiger partial charge in [-0.2, -0.15) is 0 Å². The van der Waals surface area contributed by atoms with Crippen LogP contribution in [0.15, 0.2) is 12.7 Å². The summed E-state index contributed by atoms with van der Waals surface area (Å²) >= 11 is 0. The van der Waals surface area contributed by atoms with Gasteiger partial charge >= 0.3 is 0 Å². The van der Waals surface area contributed by atoms with Crippen LogP contribution in [0.5, 0.6) is 0 Å². The summed E-state index contributed by atoms with van der Waals surface area (Å²) < 4.78 is 0. The molecule has 0 aliphatic heterocycles. The van der Waals surface area contributed by atoms with Crippen molar-refractivity contribution in [2.24, 2.45) is 5.41 Å². The Bertz CT molecular complexity index is 71.3. The van der Waals surface area contributed by atoms with Crippen molar-refractivity contribution in [3.8, 4) is 0 Å². The van der Waals surface area contributed by atoms with Crippen molar-refractivity contribution in [1.82, 2.24) is 0 Å². The minimum Gasteiger partial charge on any atom is -0.396 e. The maximum absolute atomic E-state index is 8.43. The zero-order valence-corrected chi connectivity index (χ0v) is 7.09. The molecule has 0 aliphatic rings. The molecule has 0 aromatic carbocycles. The van der Waals surface area contributed by atoms with Crippen LogP contribution in [0.4, 0.5) is 0 Å². The quantitative estimate of drug-likeness (QED) is 0.574. The second-order valence-corrected chi connectivity index (χ2v) is 2.89. The fourth-order valence-corrected chi connectivity index (χ4v) is 0.0500. The molecule has 10 heavy (non-hydrogen) atoms. The Hall–Kier alpha value is -0.340. The van der Waals surface area contributed by atoms with Crippen molar-refractivity contribution < 1.29 is 10.2 Å². The summed E-state index contributed by atoms with van der Waals surface area (Å²) in [5, 5.41) is 16.9. The molecule has 0 spiro atoms. The van der Waals surface area contributed by atoms with Gasteiger partial charge in [-0.3, -0.25) is 0 Å². The van der Waals surface area contributed by atoms with Crippen molar-refractivity contribution in [1.29, 1.82) is 0 Å². The molecule has 0 atom stereocenters. The van der Waals surface area contributed by atoms with Gasteiger partial charge < -0.3 is 10.2 Å². The van der Waals surface area contributed by atoms with Gasteiger partial charge in [-0.25, -0.2) is 0 Å². The van der Waals surface area contributed by atoms with Crippen LogP contribution < -0.4 is 0 Å². The smallest absolute Gasteiger partial charge is 0.0504 e. The van der Waals surface area contributed by atoms with Gasteiger partial charge in [0.2, 0.25) is 0 Å². The van der Waals surface area contributed by atoms with E-state index < -0.39 is 0 Å². The van der Waals surface area contributed by atoms with Gasteiger partial charge in [0.15, 0.2) is 0 Å². The fourth-order valence-electron chi connectivity index (χ4n) is 0.0500. The molecule has 0 saturated carbocycles. The topological polar surface area (TPSA) is 40.5 Å². The lowest BCUT2D eigenvalue weighted by molar-refractivity contribution is 0.0857. The van der Waals surface area contributed by atoms with Crippen LogP contribution in [0.25, 0.3) is 0 Å². The third kappa shape index (κ3) is 10.6. The lowest BCUT2D eigenvalue weighted by atomic mass is 9.97. The number of hydrogen-bond acceptors (Lipinski definition) is 2. The van der Waals surface area contributed by atoms with Gasteiger partial charge in [0.05, 0.1) is 13.2 Å². The molecule has 0 rings (SSSR count). The molecule has 0 saturated heterocycles. The predicted molar refractivity (Wildman–Crippen MR) is 43.8 cm³/mol. The van der Waals surface area contributed by atoms with Crippen LogP contribution in [0.1, 0.15) is 20.8 Å². The van der Waals surface area contributed by atoms with Crippen LogP contribution in [-0.4, -0.2) is 23.4 Å². The van der Waals surface area contributed by atoms with E-state index in [9.17, 15) is 0 Å². The molecular weight excluding hydrogens is 128 g/mol. The average Bonchev–Trinajstić information content (AvgIpc) is 1.90. The van der Waals surface area contributed by atoms with Crippen LogP contribution in [-0.2, 0) is 0 Å². The van der Waals surface area contributed by atoms with Crippen molar-refractivity contribution in [3.05, 3.63) is 12.7 Å². The highest BCUT2D eigenvalue weighted by Crippen LogP contribution is 2.10. The Morgan fingerprint density at radius 2 is 1.50 bits per heavy atom. The molecule has 0 aromatic rings. The van der Waals surface area contributed by atoms with Gasteiger partial charge in [-0.1, -0.05) is 19.9 Å². The molecule has 0 radical (unpaired) electrons. The summed E-state index contributed by atoms with van der Waals surface area (Å²) in [7, 11) is 0. The Balaban J connectivity index is 0. The molecule has 0 unspecified atom stereocenters. The number of rotatable bonds is 2. The highest BCUT2D eigenvalue weighted by molar-refractivity contribution is 4.62. The maximum atomic E-state index is 8.43. The second-order valence-electron chi connectivity index (χ2n) is 2.89. The van der Waals surface area contributed by atoms with E-state index in [-0.39, 0.29) is 18.6 Å². The summed E-state index contributed by atoms with van der Waals surface area (Å²) in [4.78, 5) is 0. The van der Waals surface area contributed by atoms with E-state index >= 15 is 0 Å². The molecule has 0 aromatic heterocycles. The van der Waals surface area contributed by atoms with Gasteiger partial charge in [0.1, 0.15) is 0 Å². The van der Waals surface area contributed by atoms with E-state index in [4.69, 9.17) is 10.2 Å². The van der Waals surface area contributed by atoms with E-state index in [1.54, 1.807) is 19.9 Å². The molecule has 2 nitrogen and oxygen atoms in total. The average molecular weight is 146 g/mol. The molecule has 0 fully saturated rings. The summed E-state index contributed by atoms with van der Waals surface area (Å²) in [6.07, 6.45) is 1.75. The third-order valence-corrected chi connectivity index (χ3v) is 0.856. The molecule has 62 valence electrons. The van der Waals surface area contributed by atoms with Crippen LogP contribution >= 0.6 is 0 Å². The first kappa shape index (κ1) is 12.3. The molecule has 2 heteroatoms. The molecule has 0 amide bonds. The summed E-state index contributed by atoms with van der Waals surface area (Å²) in [5.74, 6) is 0. The lowest BCUT2D eigenvalue weighted by Gasteiger charge is -2.16. The first-order valence-electron chi connectivity index (χ1n) is 3.33. The Labute approximate surface area is 63.2 Å². The first-order valence-corrected chi connectivity index (χ1v) is 3.33. The number of aliphatic hydroxyl groups excluding tert-OH is 2. The minimum atomic E-state index is -0.306. The van der Waals surface area contributed by atoms with Gasteiger partial charge in [-0.15, -0.1) is 6.58 Å². The predicted octanol–water partition coefficient (Wildman–Crippen LogP) is 1.19. The van der Waals surface area contributed by atoms with E-state index in [1.165, 1.54) is 0 Å². The van der Waals surface area contributed by atoms with Crippen LogP contribution in [0.3, 0.4) is 0 Å². The fraction of sp³-hybridized carbons (Fsp3) is 0.750. The molecule has 0 aliphatic carbocycles. The number of allylic oxidation sites excluding steroid dienone is 1. The summed E-state index contributed by atoms with van der Waals surface area (Å²) in [6, 6.07) is 0. The molecular formula is C8H18O2. The SMILES string of the molecule is C=CC.CC(C)(CO)CO. The Morgan fingerprint density at radius 3 is 1.50 bits per heavy atom. The lowest BCUT2D eigenvalue weighted by Crippen LogP contribution is -2.20. The maximum Gasteiger partial charge on any atom is 0.0504 e. The summed E-state index contributed by atoms with van der Waals surface area (Å²) in [5.41, 5.74) is -0.306. The minimum absolute atomic E-state index is 0.0451. The zero-order valence-electron chi connectivity index (χ0n) is 7.09. The van der Waals surface area contributed by atoms with E-state index in [2.05, 4.69) is 6.58 Å². The second kappa shape index (κ2) is 6.78. The third-order valence-electron chi connectivity index (χ3n) is 0.856. The zero-order chi connectivity index (χ0) is 8.62. The van der Waals surface area contributed by atoms with Gasteiger partial charge in [-0.05, 0) is 6.92 Å². The van der Waals surface area contributed by atoms with Crippen LogP contribution in [0, 0.1) is 5.41 Å². The van der Waals surface area contributed by atoms with E-state index in [0.717, 1.165) is 0 Å². The van der Waals surface area contributed by atoms with Gasteiger partial charge in [0.25, 0.3) is 0 Å². The monoisotopic (exact) mass is 146 g/mol. The van der Waals surface area contributed by atoms with E-state index in [1.807, 2.05) is 6.92 Å². The highest BCUT2D eigenvalue weighted by atomic mass is 16.3.